The first kappa shape index (κ1) is 9.20. The number of hydrogen-bond acceptors (Lipinski definition) is 5. The molecular formula is C9H8N4O2. The molecule has 76 valence electrons. The highest BCUT2D eigenvalue weighted by molar-refractivity contribution is 5.83. The number of hydrogen-bond donors (Lipinski definition) is 2. The van der Waals surface area contributed by atoms with Crippen LogP contribution in [0.4, 0.5) is 0 Å². The molecule has 2 rings (SSSR count). The van der Waals surface area contributed by atoms with Gasteiger partial charge in [-0.3, -0.25) is 0 Å². The van der Waals surface area contributed by atoms with E-state index < -0.39 is 0 Å². The highest BCUT2D eigenvalue weighted by Crippen LogP contribution is 2.20. The zero-order valence-corrected chi connectivity index (χ0v) is 7.65. The van der Waals surface area contributed by atoms with E-state index in [4.69, 9.17) is 5.11 Å². The number of rotatable bonds is 2. The zero-order valence-electron chi connectivity index (χ0n) is 7.65. The first-order valence-corrected chi connectivity index (χ1v) is 4.16. The minimum Gasteiger partial charge on any atom is -0.508 e. The Morgan fingerprint density at radius 3 is 2.60 bits per heavy atom. The van der Waals surface area contributed by atoms with E-state index in [0.717, 1.165) is 0 Å². The van der Waals surface area contributed by atoms with Crippen molar-refractivity contribution in [2.45, 2.75) is 0 Å². The molecule has 0 aliphatic rings. The van der Waals surface area contributed by atoms with Gasteiger partial charge in [-0.05, 0) is 12.1 Å². The van der Waals surface area contributed by atoms with Gasteiger partial charge in [-0.25, -0.2) is 4.68 Å². The first-order chi connectivity index (χ1) is 7.25. The van der Waals surface area contributed by atoms with Gasteiger partial charge in [0.05, 0.1) is 6.21 Å². The second-order valence-corrected chi connectivity index (χ2v) is 2.83. The molecule has 2 aromatic rings. The highest BCUT2D eigenvalue weighted by atomic mass is 16.3. The summed E-state index contributed by atoms with van der Waals surface area (Å²) in [6.07, 6.45) is 4.29. The number of aromatic nitrogens is 3. The van der Waals surface area contributed by atoms with Crippen LogP contribution in [0.5, 0.6) is 11.5 Å². The molecule has 0 spiro atoms. The van der Waals surface area contributed by atoms with Crippen molar-refractivity contribution in [3.8, 4) is 11.5 Å². The molecule has 1 heterocycles. The summed E-state index contributed by atoms with van der Waals surface area (Å²) in [5.74, 6) is -0.0271. The maximum Gasteiger partial charge on any atom is 0.141 e. The van der Waals surface area contributed by atoms with Gasteiger partial charge in [-0.1, -0.05) is 0 Å². The summed E-state index contributed by atoms with van der Waals surface area (Å²) in [7, 11) is 0. The molecule has 0 saturated carbocycles. The van der Waals surface area contributed by atoms with Gasteiger partial charge in [-0.2, -0.15) is 5.10 Å². The summed E-state index contributed by atoms with van der Waals surface area (Å²) in [5, 5.41) is 29.6. The lowest BCUT2D eigenvalue weighted by atomic mass is 10.2. The van der Waals surface area contributed by atoms with E-state index in [1.807, 2.05) is 0 Å². The van der Waals surface area contributed by atoms with Gasteiger partial charge in [0.25, 0.3) is 0 Å². The van der Waals surface area contributed by atoms with E-state index in [9.17, 15) is 5.11 Å². The lowest BCUT2D eigenvalue weighted by Crippen LogP contribution is -1.87. The van der Waals surface area contributed by atoms with Crippen LogP contribution in [0.25, 0.3) is 0 Å². The average molecular weight is 204 g/mol. The fourth-order valence-electron chi connectivity index (χ4n) is 1.02. The van der Waals surface area contributed by atoms with Crippen LogP contribution in [0, 0.1) is 0 Å². The van der Waals surface area contributed by atoms with Crippen LogP contribution < -0.4 is 0 Å². The van der Waals surface area contributed by atoms with Crippen LogP contribution >= 0.6 is 0 Å². The molecule has 0 unspecified atom stereocenters. The molecule has 6 heteroatoms. The van der Waals surface area contributed by atoms with Crippen molar-refractivity contribution in [2.24, 2.45) is 5.10 Å². The molecule has 2 N–H and O–H groups in total. The molecule has 0 radical (unpaired) electrons. The molecular weight excluding hydrogens is 196 g/mol. The van der Waals surface area contributed by atoms with Crippen molar-refractivity contribution in [1.82, 2.24) is 14.9 Å². The minimum absolute atomic E-state index is 0.00828. The number of benzene rings is 1. The Morgan fingerprint density at radius 2 is 1.93 bits per heavy atom. The van der Waals surface area contributed by atoms with Crippen LogP contribution in [0.2, 0.25) is 0 Å². The van der Waals surface area contributed by atoms with Crippen LogP contribution in [-0.4, -0.2) is 31.3 Å². The monoisotopic (exact) mass is 204 g/mol. The Balaban J connectivity index is 2.24. The van der Waals surface area contributed by atoms with Gasteiger partial charge in [0.2, 0.25) is 0 Å². The summed E-state index contributed by atoms with van der Waals surface area (Å²) < 4.78 is 1.40. The molecule has 0 bridgehead atoms. The van der Waals surface area contributed by atoms with Gasteiger partial charge in [0, 0.05) is 11.6 Å². The summed E-state index contributed by atoms with van der Waals surface area (Å²) in [6.45, 7) is 0. The van der Waals surface area contributed by atoms with E-state index in [1.54, 1.807) is 6.07 Å². The molecule has 0 aliphatic heterocycles. The minimum atomic E-state index is -0.0353. The highest BCUT2D eigenvalue weighted by Gasteiger charge is 1.98. The van der Waals surface area contributed by atoms with Crippen LogP contribution in [0.3, 0.4) is 0 Å². The molecule has 0 amide bonds. The third-order valence-corrected chi connectivity index (χ3v) is 1.75. The number of aromatic hydroxyl groups is 2. The predicted octanol–water partition coefficient (Wildman–Crippen LogP) is 0.571. The van der Waals surface area contributed by atoms with Crippen molar-refractivity contribution in [3.05, 3.63) is 36.4 Å². The topological polar surface area (TPSA) is 83.5 Å². The molecule has 6 nitrogen and oxygen atoms in total. The molecule has 0 aliphatic carbocycles. The summed E-state index contributed by atoms with van der Waals surface area (Å²) in [6, 6.07) is 4.26. The van der Waals surface area contributed by atoms with Crippen LogP contribution in [0.15, 0.2) is 36.0 Å². The summed E-state index contributed by atoms with van der Waals surface area (Å²) in [5.41, 5.74) is 0.501. The number of phenolic OH excluding ortho intramolecular Hbond substituents is 2. The summed E-state index contributed by atoms with van der Waals surface area (Å²) >= 11 is 0. The summed E-state index contributed by atoms with van der Waals surface area (Å²) in [4.78, 5) is 0. The number of nitrogens with zero attached hydrogens (tertiary/aromatic N) is 4. The third-order valence-electron chi connectivity index (χ3n) is 1.75. The van der Waals surface area contributed by atoms with Gasteiger partial charge in [0.1, 0.15) is 24.2 Å². The van der Waals surface area contributed by atoms with E-state index in [2.05, 4.69) is 15.3 Å². The van der Waals surface area contributed by atoms with Crippen molar-refractivity contribution in [1.29, 1.82) is 0 Å². The third kappa shape index (κ3) is 2.11. The smallest absolute Gasteiger partial charge is 0.141 e. The zero-order chi connectivity index (χ0) is 10.7. The Morgan fingerprint density at radius 1 is 1.20 bits per heavy atom. The van der Waals surface area contributed by atoms with E-state index in [-0.39, 0.29) is 11.5 Å². The van der Waals surface area contributed by atoms with Gasteiger partial charge in [-0.15, -0.1) is 10.2 Å². The second-order valence-electron chi connectivity index (χ2n) is 2.83. The molecule has 1 aromatic heterocycles. The Kier molecular flexibility index (Phi) is 2.32. The Labute approximate surface area is 85.1 Å². The molecule has 0 atom stereocenters. The Bertz CT molecular complexity index is 479. The molecule has 15 heavy (non-hydrogen) atoms. The predicted molar refractivity (Wildman–Crippen MR) is 52.8 cm³/mol. The van der Waals surface area contributed by atoms with Crippen molar-refractivity contribution < 1.29 is 10.2 Å². The Hall–Kier alpha value is -2.37. The van der Waals surface area contributed by atoms with Crippen molar-refractivity contribution >= 4 is 6.21 Å². The lowest BCUT2D eigenvalue weighted by molar-refractivity contribution is 0.450. The van der Waals surface area contributed by atoms with Gasteiger partial charge >= 0.3 is 0 Å². The molecule has 0 fully saturated rings. The maximum atomic E-state index is 9.43. The quantitative estimate of drug-likeness (QED) is 0.700. The fourth-order valence-corrected chi connectivity index (χ4v) is 1.02. The maximum absolute atomic E-state index is 9.43. The van der Waals surface area contributed by atoms with Crippen LogP contribution in [0.1, 0.15) is 5.56 Å². The second kappa shape index (κ2) is 3.79. The standard InChI is InChI=1S/C9H8N4O2/c14-8-2-1-7(9(15)3-8)4-12-13-5-10-11-6-13/h1-6,14-15H/b12-4+. The van der Waals surface area contributed by atoms with Crippen LogP contribution in [-0.2, 0) is 0 Å². The average Bonchev–Trinajstić information content (AvgIpc) is 2.69. The fraction of sp³-hybridized carbons (Fsp3) is 0. The van der Waals surface area contributed by atoms with E-state index in [0.29, 0.717) is 5.56 Å². The normalized spacial score (nSPS) is 10.9. The van der Waals surface area contributed by atoms with Crippen molar-refractivity contribution in [3.63, 3.8) is 0 Å². The largest absolute Gasteiger partial charge is 0.508 e. The number of phenols is 2. The van der Waals surface area contributed by atoms with E-state index in [1.165, 1.54) is 35.7 Å². The van der Waals surface area contributed by atoms with Crippen molar-refractivity contribution in [2.75, 3.05) is 0 Å². The molecule has 1 aromatic carbocycles. The van der Waals surface area contributed by atoms with E-state index >= 15 is 0 Å². The lowest BCUT2D eigenvalue weighted by Gasteiger charge is -1.98. The van der Waals surface area contributed by atoms with Gasteiger partial charge < -0.3 is 10.2 Å². The SMILES string of the molecule is Oc1ccc(/C=N/n2cnnc2)c(O)c1. The van der Waals surface area contributed by atoms with Gasteiger partial charge in [0.15, 0.2) is 0 Å². The molecule has 0 saturated heterocycles. The first-order valence-electron chi connectivity index (χ1n) is 4.16.